The number of hydrogen-bond acceptors (Lipinski definition) is 15. The van der Waals surface area contributed by atoms with E-state index in [0.29, 0.717) is 23.0 Å². The van der Waals surface area contributed by atoms with Crippen LogP contribution >= 0.6 is 0 Å². The van der Waals surface area contributed by atoms with Crippen LogP contribution in [0.4, 0.5) is 0 Å². The highest BCUT2D eigenvalue weighted by molar-refractivity contribution is 6.00. The maximum absolute atomic E-state index is 13.7. The van der Waals surface area contributed by atoms with Crippen LogP contribution < -0.4 is 26.6 Å². The van der Waals surface area contributed by atoms with E-state index in [4.69, 9.17) is 0 Å². The van der Waals surface area contributed by atoms with E-state index in [1.54, 1.807) is 24.3 Å². The first-order valence-electron chi connectivity index (χ1n) is 20.4. The lowest BCUT2D eigenvalue weighted by molar-refractivity contribution is -0.145. The minimum atomic E-state index is -1.73. The van der Waals surface area contributed by atoms with Gasteiger partial charge in [-0.05, 0) is 62.4 Å². The zero-order chi connectivity index (χ0) is 46.7. The van der Waals surface area contributed by atoms with E-state index in [0.717, 1.165) is 9.80 Å². The van der Waals surface area contributed by atoms with Gasteiger partial charge in [0, 0.05) is 19.5 Å². The Bertz CT molecular complexity index is 2210. The van der Waals surface area contributed by atoms with Crippen LogP contribution in [0.25, 0.3) is 11.0 Å². The van der Waals surface area contributed by atoms with Gasteiger partial charge in [-0.3, -0.25) is 38.5 Å². The van der Waals surface area contributed by atoms with E-state index in [2.05, 4.69) is 36.6 Å². The van der Waals surface area contributed by atoms with E-state index in [-0.39, 0.29) is 50.2 Å². The molecule has 23 heteroatoms. The fourth-order valence-electron chi connectivity index (χ4n) is 7.39. The first kappa shape index (κ1) is 48.2. The van der Waals surface area contributed by atoms with Gasteiger partial charge < -0.3 is 67.0 Å². The minimum Gasteiger partial charge on any atom is -0.508 e. The van der Waals surface area contributed by atoms with Gasteiger partial charge in [-0.25, -0.2) is 9.78 Å². The van der Waals surface area contributed by atoms with E-state index >= 15 is 0 Å². The van der Waals surface area contributed by atoms with Crippen molar-refractivity contribution in [2.24, 2.45) is 0 Å². The second-order valence-corrected chi connectivity index (χ2v) is 15.3. The van der Waals surface area contributed by atoms with Crippen molar-refractivity contribution in [2.45, 2.75) is 87.4 Å². The molecule has 0 radical (unpaired) electrons. The van der Waals surface area contributed by atoms with Gasteiger partial charge in [0.25, 0.3) is 5.91 Å². The number of carbonyl (C=O) groups excluding carboxylic acids is 7. The molecule has 11 N–H and O–H groups in total. The Labute approximate surface area is 365 Å². The zero-order valence-corrected chi connectivity index (χ0v) is 34.6. The third-order valence-electron chi connectivity index (χ3n) is 10.8. The molecule has 3 aromatic rings. The normalized spacial score (nSPS) is 18.8. The van der Waals surface area contributed by atoms with Crippen LogP contribution in [0.1, 0.15) is 48.7 Å². The first-order valence-corrected chi connectivity index (χ1v) is 20.4. The number of amides is 7. The maximum atomic E-state index is 13.7. The fourth-order valence-corrected chi connectivity index (χ4v) is 7.39. The predicted octanol–water partition coefficient (Wildman–Crippen LogP) is -3.96. The van der Waals surface area contributed by atoms with E-state index < -0.39 is 116 Å². The number of fused-ring (bicyclic) bond motifs is 1. The Balaban J connectivity index is 1.18. The van der Waals surface area contributed by atoms with Crippen LogP contribution in [0, 0.1) is 0 Å². The monoisotopic (exact) mass is 893 g/mol. The van der Waals surface area contributed by atoms with Crippen molar-refractivity contribution in [3.63, 3.8) is 0 Å². The molecular weight excluding hydrogens is 842 g/mol. The summed E-state index contributed by atoms with van der Waals surface area (Å²) >= 11 is 0. The predicted molar refractivity (Wildman–Crippen MR) is 220 cm³/mol. The number of nitrogens with one attached hydrogen (secondary N) is 5. The average Bonchev–Trinajstić information content (AvgIpc) is 3.99. The van der Waals surface area contributed by atoms with Crippen LogP contribution in [0.2, 0.25) is 0 Å². The number of phenolic OH excluding ortho intramolecular Hbond substituents is 1. The number of phenols is 1. The molecule has 23 nitrogen and oxygen atoms in total. The molecule has 2 aromatic carbocycles. The number of carboxylic acid groups (broad SMARTS) is 1. The van der Waals surface area contributed by atoms with Crippen LogP contribution in [-0.4, -0.2) is 179 Å². The molecular formula is C41H51N9O14. The summed E-state index contributed by atoms with van der Waals surface area (Å²) in [6.07, 6.45) is 0.233. The lowest BCUT2D eigenvalue weighted by atomic mass is 10.1. The van der Waals surface area contributed by atoms with E-state index in [9.17, 15) is 69.0 Å². The van der Waals surface area contributed by atoms with Crippen LogP contribution in [-0.2, 0) is 40.0 Å². The second kappa shape index (κ2) is 22.0. The van der Waals surface area contributed by atoms with Crippen molar-refractivity contribution < 1.29 is 69.0 Å². The molecule has 0 saturated carbocycles. The molecule has 7 amide bonds. The number of carbonyl (C=O) groups is 8. The van der Waals surface area contributed by atoms with Gasteiger partial charge in [0.2, 0.25) is 35.4 Å². The molecule has 344 valence electrons. The molecule has 2 saturated heterocycles. The zero-order valence-electron chi connectivity index (χ0n) is 34.6. The van der Waals surface area contributed by atoms with Gasteiger partial charge in [0.15, 0.2) is 0 Å². The number of aromatic nitrogens is 2. The second-order valence-electron chi connectivity index (χ2n) is 15.3. The molecule has 64 heavy (non-hydrogen) atoms. The molecule has 0 spiro atoms. The van der Waals surface area contributed by atoms with Gasteiger partial charge in [-0.2, -0.15) is 0 Å². The molecule has 0 unspecified atom stereocenters. The Morgan fingerprint density at radius 3 is 1.77 bits per heavy atom. The number of likely N-dealkylation sites (tertiary alicyclic amines) is 2. The summed E-state index contributed by atoms with van der Waals surface area (Å²) in [6, 6.07) is 1.87. The van der Waals surface area contributed by atoms with Gasteiger partial charge in [-0.15, -0.1) is 0 Å². The van der Waals surface area contributed by atoms with Crippen molar-refractivity contribution in [2.75, 3.05) is 32.9 Å². The average molecular weight is 894 g/mol. The number of para-hydroxylation sites is 2. The molecule has 0 aliphatic carbocycles. The first-order chi connectivity index (χ1) is 30.6. The number of aliphatic hydroxyl groups is 4. The molecule has 0 bridgehead atoms. The number of hydrogen-bond donors (Lipinski definition) is 11. The SMILES string of the molecule is C[C@@H](O)[C@H](NC(=O)[C@@H]1CCCN1C(=O)[C@H](CO)NC(=O)c1cnc2ccccc2n1)C(=O)N[C@@H](CO)C(=O)N1CCC[C@H]1C(=O)N[C@@H](CO)C(=O)N[C@@H](Cc1ccc(O)cc1)C(=O)O. The van der Waals surface area contributed by atoms with Crippen LogP contribution in [0.3, 0.4) is 0 Å². The van der Waals surface area contributed by atoms with Crippen molar-refractivity contribution in [1.29, 1.82) is 0 Å². The Morgan fingerprint density at radius 2 is 1.22 bits per heavy atom. The van der Waals surface area contributed by atoms with Gasteiger partial charge in [0.05, 0.1) is 43.2 Å². The Kier molecular flexibility index (Phi) is 16.6. The Morgan fingerprint density at radius 1 is 0.688 bits per heavy atom. The number of aromatic hydroxyl groups is 1. The quantitative estimate of drug-likeness (QED) is 0.0547. The highest BCUT2D eigenvalue weighted by Gasteiger charge is 2.42. The number of nitrogens with zero attached hydrogens (tertiary/aromatic N) is 4. The molecule has 3 heterocycles. The fraction of sp³-hybridized carbons (Fsp3) is 0.463. The summed E-state index contributed by atoms with van der Waals surface area (Å²) in [7, 11) is 0. The number of aliphatic hydroxyl groups excluding tert-OH is 4. The molecule has 5 rings (SSSR count). The third-order valence-corrected chi connectivity index (χ3v) is 10.8. The number of benzene rings is 2. The number of carboxylic acids is 1. The topological polar surface area (TPSA) is 350 Å². The molecule has 8 atom stereocenters. The Hall–Kier alpha value is -6.82. The maximum Gasteiger partial charge on any atom is 0.326 e. The summed E-state index contributed by atoms with van der Waals surface area (Å²) < 4.78 is 0. The molecule has 2 fully saturated rings. The molecule has 2 aliphatic heterocycles. The third kappa shape index (κ3) is 11.8. The highest BCUT2D eigenvalue weighted by atomic mass is 16.4. The summed E-state index contributed by atoms with van der Waals surface area (Å²) in [4.78, 5) is 116. The van der Waals surface area contributed by atoms with Crippen molar-refractivity contribution in [1.82, 2.24) is 46.4 Å². The van der Waals surface area contributed by atoms with Crippen molar-refractivity contribution in [3.8, 4) is 5.75 Å². The smallest absolute Gasteiger partial charge is 0.326 e. The summed E-state index contributed by atoms with van der Waals surface area (Å²) in [5.41, 5.74) is 1.28. The summed E-state index contributed by atoms with van der Waals surface area (Å²) in [6.45, 7) is -1.58. The van der Waals surface area contributed by atoms with Crippen molar-refractivity contribution >= 4 is 58.4 Å². The van der Waals surface area contributed by atoms with E-state index in [1.807, 2.05) is 0 Å². The number of aliphatic carboxylic acids is 1. The van der Waals surface area contributed by atoms with Crippen molar-refractivity contribution in [3.05, 3.63) is 66.0 Å². The van der Waals surface area contributed by atoms with Crippen LogP contribution in [0.5, 0.6) is 5.75 Å². The lowest BCUT2D eigenvalue weighted by Crippen LogP contribution is -2.62. The summed E-state index contributed by atoms with van der Waals surface area (Å²) in [5, 5.41) is 71.6. The van der Waals surface area contributed by atoms with Gasteiger partial charge in [-0.1, -0.05) is 24.3 Å². The minimum absolute atomic E-state index is 0.0277. The van der Waals surface area contributed by atoms with Gasteiger partial charge >= 0.3 is 5.97 Å². The summed E-state index contributed by atoms with van der Waals surface area (Å²) in [5.74, 6) is -7.95. The largest absolute Gasteiger partial charge is 0.508 e. The van der Waals surface area contributed by atoms with Gasteiger partial charge in [0.1, 0.15) is 53.7 Å². The molecule has 2 aliphatic rings. The van der Waals surface area contributed by atoms with Crippen LogP contribution in [0.15, 0.2) is 54.7 Å². The van der Waals surface area contributed by atoms with E-state index in [1.165, 1.54) is 37.4 Å². The lowest BCUT2D eigenvalue weighted by Gasteiger charge is -2.31. The number of rotatable bonds is 19. The highest BCUT2D eigenvalue weighted by Crippen LogP contribution is 2.21. The standard InChI is InChI=1S/C41H51N9O14/c1-21(54)33(48-37(59)32-9-5-15-50(32)39(61)29(19-52)46-34(56)27-17-42-24-6-2-3-7-25(24)43-27)38(60)47-30(20-53)40(62)49-14-4-8-31(49)36(58)45-28(18-51)35(57)44-26(41(63)64)16-22-10-12-23(55)13-11-22/h2-3,6-7,10-13,17,21,26,28-33,51-55H,4-5,8-9,14-16,18-20H2,1H3,(H,44,57)(H,45,58)(H,46,56)(H,47,60)(H,48,59)(H,63,64)/t21-,26+,28+,29+,30+,31+,32+,33+/m1/s1. The molecule has 1 aromatic heterocycles.